The van der Waals surface area contributed by atoms with Gasteiger partial charge in [0.2, 0.25) is 5.95 Å². The quantitative estimate of drug-likeness (QED) is 0.606. The highest BCUT2D eigenvalue weighted by Crippen LogP contribution is 2.37. The maximum Gasteiger partial charge on any atom is 0.229 e. The Morgan fingerprint density at radius 3 is 2.78 bits per heavy atom. The molecule has 134 valence electrons. The standard InChI is InChI=1S/C21H18N4O2/c1-27-20-9-5-2-6-14(20)13-10-18-15(19(26)11-13)12-22-25(18)21-23-16-7-3-4-8-17(16)24-21/h2-9,12-13H,10-11H2,1H3,(H,23,24)/t13-/m0/s1. The first kappa shape index (κ1) is 15.8. The lowest BCUT2D eigenvalue weighted by molar-refractivity contribution is 0.0963. The predicted octanol–water partition coefficient (Wildman–Crippen LogP) is 3.67. The lowest BCUT2D eigenvalue weighted by atomic mass is 9.82. The number of nitrogens with one attached hydrogen (secondary N) is 1. The maximum atomic E-state index is 12.8. The zero-order valence-corrected chi connectivity index (χ0v) is 14.8. The van der Waals surface area contributed by atoms with E-state index in [-0.39, 0.29) is 11.7 Å². The van der Waals surface area contributed by atoms with Crippen LogP contribution in [0.2, 0.25) is 0 Å². The number of hydrogen-bond donors (Lipinski definition) is 1. The number of rotatable bonds is 3. The molecule has 0 amide bonds. The van der Waals surface area contributed by atoms with Crippen molar-refractivity contribution in [2.45, 2.75) is 18.8 Å². The Morgan fingerprint density at radius 2 is 1.93 bits per heavy atom. The number of aromatic nitrogens is 4. The summed E-state index contributed by atoms with van der Waals surface area (Å²) in [5, 5.41) is 4.46. The van der Waals surface area contributed by atoms with Gasteiger partial charge in [-0.3, -0.25) is 4.79 Å². The molecule has 0 radical (unpaired) electrons. The molecular weight excluding hydrogens is 340 g/mol. The van der Waals surface area contributed by atoms with E-state index in [1.54, 1.807) is 18.0 Å². The molecule has 0 spiro atoms. The zero-order chi connectivity index (χ0) is 18.4. The molecule has 0 saturated carbocycles. The highest BCUT2D eigenvalue weighted by atomic mass is 16.5. The fourth-order valence-electron chi connectivity index (χ4n) is 3.89. The maximum absolute atomic E-state index is 12.8. The average molecular weight is 358 g/mol. The van der Waals surface area contributed by atoms with Crippen LogP contribution in [0.25, 0.3) is 17.0 Å². The van der Waals surface area contributed by atoms with Gasteiger partial charge in [-0.05, 0) is 30.2 Å². The Kier molecular flexibility index (Phi) is 3.57. The highest BCUT2D eigenvalue weighted by Gasteiger charge is 2.31. The van der Waals surface area contributed by atoms with Crippen LogP contribution in [-0.4, -0.2) is 32.6 Å². The van der Waals surface area contributed by atoms with Crippen molar-refractivity contribution in [1.82, 2.24) is 19.7 Å². The SMILES string of the molecule is COc1ccccc1[C@@H]1CC(=O)c2cnn(-c3nc4ccccc4[nH]3)c2C1. The van der Waals surface area contributed by atoms with Gasteiger partial charge in [-0.1, -0.05) is 30.3 Å². The van der Waals surface area contributed by atoms with Crippen LogP contribution in [0.4, 0.5) is 0 Å². The fourth-order valence-corrected chi connectivity index (χ4v) is 3.89. The van der Waals surface area contributed by atoms with Gasteiger partial charge in [-0.25, -0.2) is 9.67 Å². The molecule has 0 fully saturated rings. The predicted molar refractivity (Wildman–Crippen MR) is 102 cm³/mol. The summed E-state index contributed by atoms with van der Waals surface area (Å²) in [4.78, 5) is 20.7. The molecular formula is C21H18N4O2. The molecule has 4 aromatic rings. The number of nitrogens with zero attached hydrogens (tertiary/aromatic N) is 3. The van der Waals surface area contributed by atoms with Crippen LogP contribution in [0.3, 0.4) is 0 Å². The lowest BCUT2D eigenvalue weighted by Crippen LogP contribution is -2.21. The van der Waals surface area contributed by atoms with Crippen LogP contribution in [0.15, 0.2) is 54.7 Å². The van der Waals surface area contributed by atoms with Gasteiger partial charge in [-0.2, -0.15) is 5.10 Å². The molecule has 0 bridgehead atoms. The van der Waals surface area contributed by atoms with Gasteiger partial charge in [-0.15, -0.1) is 0 Å². The van der Waals surface area contributed by atoms with Gasteiger partial charge >= 0.3 is 0 Å². The molecule has 1 aliphatic rings. The Morgan fingerprint density at radius 1 is 1.11 bits per heavy atom. The van der Waals surface area contributed by atoms with Gasteiger partial charge in [0.25, 0.3) is 0 Å². The largest absolute Gasteiger partial charge is 0.496 e. The Balaban J connectivity index is 1.59. The van der Waals surface area contributed by atoms with Gasteiger partial charge in [0.05, 0.1) is 35.6 Å². The number of benzene rings is 2. The molecule has 6 nitrogen and oxygen atoms in total. The molecule has 2 aromatic carbocycles. The summed E-state index contributed by atoms with van der Waals surface area (Å²) in [5.74, 6) is 1.61. The third-order valence-electron chi connectivity index (χ3n) is 5.20. The van der Waals surface area contributed by atoms with E-state index in [1.807, 2.05) is 48.5 Å². The summed E-state index contributed by atoms with van der Waals surface area (Å²) < 4.78 is 7.26. The van der Waals surface area contributed by atoms with Crippen LogP contribution in [-0.2, 0) is 6.42 Å². The molecule has 1 N–H and O–H groups in total. The number of aromatic amines is 1. The van der Waals surface area contributed by atoms with Gasteiger partial charge < -0.3 is 9.72 Å². The minimum atomic E-state index is 0.0565. The Hall–Kier alpha value is -3.41. The van der Waals surface area contributed by atoms with E-state index in [4.69, 9.17) is 4.74 Å². The number of para-hydroxylation sites is 3. The first-order valence-corrected chi connectivity index (χ1v) is 8.92. The summed E-state index contributed by atoms with van der Waals surface area (Å²) in [5.41, 5.74) is 4.44. The van der Waals surface area contributed by atoms with Gasteiger partial charge in [0.15, 0.2) is 5.78 Å². The van der Waals surface area contributed by atoms with E-state index >= 15 is 0 Å². The summed E-state index contributed by atoms with van der Waals surface area (Å²) in [6, 6.07) is 15.7. The van der Waals surface area contributed by atoms with E-state index in [2.05, 4.69) is 15.1 Å². The smallest absolute Gasteiger partial charge is 0.229 e. The van der Waals surface area contributed by atoms with Crippen molar-refractivity contribution in [3.05, 3.63) is 71.5 Å². The van der Waals surface area contributed by atoms with E-state index in [1.165, 1.54) is 0 Å². The number of methoxy groups -OCH3 is 1. The summed E-state index contributed by atoms with van der Waals surface area (Å²) in [7, 11) is 1.66. The van der Waals surface area contributed by atoms with Gasteiger partial charge in [0.1, 0.15) is 5.75 Å². The molecule has 1 aliphatic carbocycles. The van der Waals surface area contributed by atoms with Crippen molar-refractivity contribution < 1.29 is 9.53 Å². The molecule has 5 rings (SSSR count). The molecule has 27 heavy (non-hydrogen) atoms. The molecule has 2 aromatic heterocycles. The first-order chi connectivity index (χ1) is 13.2. The number of carbonyl (C=O) groups is 1. The third-order valence-corrected chi connectivity index (χ3v) is 5.20. The van der Waals surface area contributed by atoms with E-state index in [9.17, 15) is 4.79 Å². The van der Waals surface area contributed by atoms with Crippen molar-refractivity contribution in [2.75, 3.05) is 7.11 Å². The van der Waals surface area contributed by atoms with Crippen molar-refractivity contribution in [1.29, 1.82) is 0 Å². The molecule has 2 heterocycles. The summed E-state index contributed by atoms with van der Waals surface area (Å²) in [6.45, 7) is 0. The first-order valence-electron chi connectivity index (χ1n) is 8.92. The topological polar surface area (TPSA) is 72.8 Å². The zero-order valence-electron chi connectivity index (χ0n) is 14.8. The number of hydrogen-bond acceptors (Lipinski definition) is 4. The molecule has 0 unspecified atom stereocenters. The van der Waals surface area contributed by atoms with E-state index in [0.29, 0.717) is 24.4 Å². The van der Waals surface area contributed by atoms with Crippen molar-refractivity contribution in [3.63, 3.8) is 0 Å². The number of ether oxygens (including phenoxy) is 1. The monoisotopic (exact) mass is 358 g/mol. The number of Topliss-reactive ketones (excluding diaryl/α,β-unsaturated/α-hetero) is 1. The fraction of sp³-hybridized carbons (Fsp3) is 0.190. The van der Waals surface area contributed by atoms with Crippen LogP contribution < -0.4 is 4.74 Å². The molecule has 6 heteroatoms. The Bertz CT molecular complexity index is 1120. The number of H-pyrrole nitrogens is 1. The second-order valence-corrected chi connectivity index (χ2v) is 6.76. The lowest BCUT2D eigenvalue weighted by Gasteiger charge is -2.23. The van der Waals surface area contributed by atoms with Crippen LogP contribution in [0, 0.1) is 0 Å². The highest BCUT2D eigenvalue weighted by molar-refractivity contribution is 5.98. The Labute approximate surface area is 155 Å². The molecule has 1 atom stereocenters. The molecule has 0 saturated heterocycles. The minimum absolute atomic E-state index is 0.0565. The number of ketones is 1. The minimum Gasteiger partial charge on any atom is -0.496 e. The van der Waals surface area contributed by atoms with Gasteiger partial charge in [0, 0.05) is 12.3 Å². The number of carbonyl (C=O) groups excluding carboxylic acids is 1. The average Bonchev–Trinajstić information content (AvgIpc) is 3.31. The number of imidazole rings is 1. The van der Waals surface area contributed by atoms with Crippen molar-refractivity contribution in [2.24, 2.45) is 0 Å². The van der Waals surface area contributed by atoms with Crippen molar-refractivity contribution in [3.8, 4) is 11.7 Å². The van der Waals surface area contributed by atoms with Crippen molar-refractivity contribution >= 4 is 16.8 Å². The van der Waals surface area contributed by atoms with Crippen LogP contribution in [0.5, 0.6) is 5.75 Å². The second-order valence-electron chi connectivity index (χ2n) is 6.76. The summed E-state index contributed by atoms with van der Waals surface area (Å²) >= 11 is 0. The number of fused-ring (bicyclic) bond motifs is 2. The molecule has 0 aliphatic heterocycles. The van der Waals surface area contributed by atoms with Crippen LogP contribution >= 0.6 is 0 Å². The second kappa shape index (κ2) is 6.09. The van der Waals surface area contributed by atoms with E-state index < -0.39 is 0 Å². The normalized spacial score (nSPS) is 16.5. The van der Waals surface area contributed by atoms with E-state index in [0.717, 1.165) is 28.0 Å². The third kappa shape index (κ3) is 2.52. The summed E-state index contributed by atoms with van der Waals surface area (Å²) in [6.07, 6.45) is 2.82. The van der Waals surface area contributed by atoms with Crippen LogP contribution in [0.1, 0.15) is 34.0 Å².